The topological polar surface area (TPSA) is 86.8 Å². The summed E-state index contributed by atoms with van der Waals surface area (Å²) in [7, 11) is -3.81. The molecule has 1 atom stereocenters. The second kappa shape index (κ2) is 13.6. The maximum absolute atomic E-state index is 14.2. The monoisotopic (exact) mass is 563 g/mol. The van der Waals surface area contributed by atoms with E-state index in [9.17, 15) is 18.0 Å². The summed E-state index contributed by atoms with van der Waals surface area (Å²) in [6.45, 7) is 9.90. The Morgan fingerprint density at radius 2 is 1.50 bits per heavy atom. The first-order valence-electron chi connectivity index (χ1n) is 13.6. The zero-order valence-corrected chi connectivity index (χ0v) is 25.2. The number of sulfonamides is 1. The minimum absolute atomic E-state index is 0.164. The minimum atomic E-state index is -3.81. The summed E-state index contributed by atoms with van der Waals surface area (Å²) in [6, 6.07) is 22.0. The van der Waals surface area contributed by atoms with Crippen molar-refractivity contribution < 1.29 is 18.0 Å². The molecule has 1 N–H and O–H groups in total. The first-order valence-corrected chi connectivity index (χ1v) is 15.4. The van der Waals surface area contributed by atoms with Gasteiger partial charge in [-0.2, -0.15) is 0 Å². The van der Waals surface area contributed by atoms with E-state index in [1.54, 1.807) is 6.07 Å². The van der Waals surface area contributed by atoms with E-state index in [0.29, 0.717) is 18.7 Å². The number of nitrogens with one attached hydrogen (secondary N) is 1. The Labute approximate surface area is 239 Å². The van der Waals surface area contributed by atoms with Gasteiger partial charge >= 0.3 is 0 Å². The third-order valence-corrected chi connectivity index (χ3v) is 7.83. The van der Waals surface area contributed by atoms with Crippen LogP contribution in [0, 0.1) is 26.7 Å². The Morgan fingerprint density at radius 3 is 2.12 bits per heavy atom. The molecule has 0 radical (unpaired) electrons. The van der Waals surface area contributed by atoms with Crippen LogP contribution in [-0.2, 0) is 32.6 Å². The molecule has 0 aliphatic rings. The largest absolute Gasteiger partial charge is 0.354 e. The molecule has 0 saturated heterocycles. The quantitative estimate of drug-likeness (QED) is 0.343. The van der Waals surface area contributed by atoms with Crippen LogP contribution in [0.3, 0.4) is 0 Å². The van der Waals surface area contributed by atoms with Gasteiger partial charge in [0.25, 0.3) is 0 Å². The summed E-state index contributed by atoms with van der Waals surface area (Å²) in [5.41, 5.74) is 4.87. The van der Waals surface area contributed by atoms with E-state index in [-0.39, 0.29) is 18.4 Å². The average molecular weight is 564 g/mol. The highest BCUT2D eigenvalue weighted by molar-refractivity contribution is 7.92. The average Bonchev–Trinajstić information content (AvgIpc) is 2.89. The highest BCUT2D eigenvalue weighted by Gasteiger charge is 2.33. The van der Waals surface area contributed by atoms with Gasteiger partial charge < -0.3 is 10.2 Å². The van der Waals surface area contributed by atoms with Crippen LogP contribution < -0.4 is 9.62 Å². The van der Waals surface area contributed by atoms with E-state index < -0.39 is 28.5 Å². The third kappa shape index (κ3) is 8.68. The molecule has 40 heavy (non-hydrogen) atoms. The number of benzene rings is 3. The molecule has 0 unspecified atom stereocenters. The van der Waals surface area contributed by atoms with Crippen LogP contribution in [0.5, 0.6) is 0 Å². The first kappa shape index (κ1) is 30.9. The molecule has 0 fully saturated rings. The Morgan fingerprint density at radius 1 is 0.850 bits per heavy atom. The lowest BCUT2D eigenvalue weighted by atomic mass is 10.0. The maximum Gasteiger partial charge on any atom is 0.244 e. The normalized spacial score (nSPS) is 12.2. The van der Waals surface area contributed by atoms with Crippen molar-refractivity contribution in [2.45, 2.75) is 53.6 Å². The predicted molar refractivity (Wildman–Crippen MR) is 162 cm³/mol. The summed E-state index contributed by atoms with van der Waals surface area (Å²) in [5, 5.41) is 3.00. The van der Waals surface area contributed by atoms with E-state index in [2.05, 4.69) is 5.32 Å². The van der Waals surface area contributed by atoms with Gasteiger partial charge in [-0.3, -0.25) is 13.9 Å². The number of anilines is 1. The van der Waals surface area contributed by atoms with Gasteiger partial charge in [0.15, 0.2) is 0 Å². The molecule has 3 aromatic carbocycles. The summed E-state index contributed by atoms with van der Waals surface area (Å²) < 4.78 is 27.2. The van der Waals surface area contributed by atoms with Gasteiger partial charge in [0.05, 0.1) is 11.9 Å². The van der Waals surface area contributed by atoms with Gasteiger partial charge in [0.1, 0.15) is 12.6 Å². The van der Waals surface area contributed by atoms with Crippen molar-refractivity contribution in [2.24, 2.45) is 5.92 Å². The molecule has 0 aromatic heterocycles. The second-order valence-electron chi connectivity index (χ2n) is 10.9. The van der Waals surface area contributed by atoms with Crippen molar-refractivity contribution in [1.29, 1.82) is 0 Å². The Kier molecular flexibility index (Phi) is 10.5. The number of rotatable bonds is 12. The molecular weight excluding hydrogens is 522 g/mol. The van der Waals surface area contributed by atoms with Crippen molar-refractivity contribution in [3.63, 3.8) is 0 Å². The molecule has 2 amide bonds. The van der Waals surface area contributed by atoms with Gasteiger partial charge in [-0.15, -0.1) is 0 Å². The lowest BCUT2D eigenvalue weighted by Gasteiger charge is -2.34. The number of hydrogen-bond donors (Lipinski definition) is 1. The summed E-state index contributed by atoms with van der Waals surface area (Å²) >= 11 is 0. The van der Waals surface area contributed by atoms with Crippen LogP contribution in [-0.4, -0.2) is 50.5 Å². The molecule has 7 nitrogen and oxygen atoms in total. The minimum Gasteiger partial charge on any atom is -0.354 e. The molecule has 214 valence electrons. The molecule has 0 saturated carbocycles. The Balaban J connectivity index is 2.07. The van der Waals surface area contributed by atoms with Gasteiger partial charge in [0.2, 0.25) is 21.8 Å². The summed E-state index contributed by atoms with van der Waals surface area (Å²) in [4.78, 5) is 29.4. The van der Waals surface area contributed by atoms with E-state index in [4.69, 9.17) is 0 Å². The van der Waals surface area contributed by atoms with E-state index in [1.807, 2.05) is 101 Å². The maximum atomic E-state index is 14.2. The van der Waals surface area contributed by atoms with Gasteiger partial charge in [-0.1, -0.05) is 86.1 Å². The van der Waals surface area contributed by atoms with Crippen LogP contribution in [0.2, 0.25) is 0 Å². The van der Waals surface area contributed by atoms with E-state index in [1.165, 1.54) is 4.90 Å². The van der Waals surface area contributed by atoms with Crippen LogP contribution in [0.15, 0.2) is 72.8 Å². The van der Waals surface area contributed by atoms with E-state index >= 15 is 0 Å². The lowest BCUT2D eigenvalue weighted by Crippen LogP contribution is -2.53. The van der Waals surface area contributed by atoms with Gasteiger partial charge in [-0.05, 0) is 55.0 Å². The smallest absolute Gasteiger partial charge is 0.244 e. The number of carbonyl (C=O) groups is 2. The standard InChI is InChI=1S/C32H41N3O4S/c1-23(2)20-33-32(37)30(19-27-12-8-7-9-13-27)34(21-28-14-10-11-24(3)17-28)31(36)22-35(40(6,38)39)29-18-25(4)15-16-26(29)5/h7-18,23,30H,19-22H2,1-6H3,(H,33,37)/t30-/m0/s1. The number of carbonyl (C=O) groups excluding carboxylic acids is 2. The van der Waals surface area contributed by atoms with Crippen LogP contribution in [0.4, 0.5) is 5.69 Å². The molecule has 0 heterocycles. The highest BCUT2D eigenvalue weighted by atomic mass is 32.2. The molecular formula is C32H41N3O4S. The zero-order valence-electron chi connectivity index (χ0n) is 24.3. The second-order valence-corrected chi connectivity index (χ2v) is 12.8. The Bertz CT molecular complexity index is 1420. The molecule has 0 aliphatic heterocycles. The molecule has 0 aliphatic carbocycles. The Hall–Kier alpha value is -3.65. The SMILES string of the molecule is Cc1cccc(CN(C(=O)CN(c2cc(C)ccc2C)S(C)(=O)=O)[C@@H](Cc2ccccc2)C(=O)NCC(C)C)c1. The molecule has 0 bridgehead atoms. The van der Waals surface area contributed by atoms with Crippen LogP contribution >= 0.6 is 0 Å². The van der Waals surface area contributed by atoms with Gasteiger partial charge in [0, 0.05) is 19.5 Å². The van der Waals surface area contributed by atoms with Crippen molar-refractivity contribution >= 4 is 27.5 Å². The van der Waals surface area contributed by atoms with E-state index in [0.717, 1.165) is 38.4 Å². The number of hydrogen-bond acceptors (Lipinski definition) is 4. The molecule has 3 aromatic rings. The highest BCUT2D eigenvalue weighted by Crippen LogP contribution is 2.25. The van der Waals surface area contributed by atoms with Gasteiger partial charge in [-0.25, -0.2) is 8.42 Å². The van der Waals surface area contributed by atoms with Crippen molar-refractivity contribution in [2.75, 3.05) is 23.7 Å². The fourth-order valence-electron chi connectivity index (χ4n) is 4.57. The fraction of sp³-hybridized carbons (Fsp3) is 0.375. The number of amides is 2. The molecule has 0 spiro atoms. The zero-order chi connectivity index (χ0) is 29.4. The van der Waals surface area contributed by atoms with Crippen LogP contribution in [0.1, 0.15) is 41.7 Å². The summed E-state index contributed by atoms with van der Waals surface area (Å²) in [6.07, 6.45) is 1.40. The lowest BCUT2D eigenvalue weighted by molar-refractivity contribution is -0.140. The van der Waals surface area contributed by atoms with Crippen LogP contribution in [0.25, 0.3) is 0 Å². The van der Waals surface area contributed by atoms with Crippen molar-refractivity contribution in [3.8, 4) is 0 Å². The molecule has 8 heteroatoms. The summed E-state index contributed by atoms with van der Waals surface area (Å²) in [5.74, 6) is -0.489. The third-order valence-electron chi connectivity index (χ3n) is 6.70. The molecule has 3 rings (SSSR count). The van der Waals surface area contributed by atoms with Crippen molar-refractivity contribution in [1.82, 2.24) is 10.2 Å². The number of aryl methyl sites for hydroxylation is 3. The predicted octanol–water partition coefficient (Wildman–Crippen LogP) is 4.79. The first-order chi connectivity index (χ1) is 18.8. The van der Waals surface area contributed by atoms with Crippen molar-refractivity contribution in [3.05, 3.63) is 101 Å². The number of nitrogens with zero attached hydrogens (tertiary/aromatic N) is 2. The fourth-order valence-corrected chi connectivity index (χ4v) is 5.47.